The summed E-state index contributed by atoms with van der Waals surface area (Å²) in [5.41, 5.74) is 1.30. The number of sulfonamides is 1. The number of thiophene rings is 1. The van der Waals surface area contributed by atoms with Gasteiger partial charge in [0, 0.05) is 19.2 Å². The molecule has 1 N–H and O–H groups in total. The lowest BCUT2D eigenvalue weighted by Gasteiger charge is -2.20. The molecule has 0 spiro atoms. The molecule has 0 unspecified atom stereocenters. The fraction of sp³-hybridized carbons (Fsp3) is 0.167. The second kappa shape index (κ2) is 7.86. The zero-order chi connectivity index (χ0) is 18.6. The Kier molecular flexibility index (Phi) is 5.55. The van der Waals surface area contributed by atoms with E-state index in [4.69, 9.17) is 4.42 Å². The average molecular weight is 390 g/mol. The number of amides is 1. The molecule has 1 amide bonds. The van der Waals surface area contributed by atoms with Crippen molar-refractivity contribution in [2.75, 3.05) is 7.05 Å². The van der Waals surface area contributed by atoms with Gasteiger partial charge in [-0.3, -0.25) is 4.79 Å². The van der Waals surface area contributed by atoms with Crippen LogP contribution in [0.25, 0.3) is 0 Å². The van der Waals surface area contributed by atoms with Gasteiger partial charge in [0.1, 0.15) is 9.97 Å². The first-order chi connectivity index (χ1) is 12.5. The number of nitrogens with zero attached hydrogens (tertiary/aromatic N) is 1. The molecule has 1 aromatic carbocycles. The Morgan fingerprint density at radius 1 is 1.12 bits per heavy atom. The molecule has 136 valence electrons. The summed E-state index contributed by atoms with van der Waals surface area (Å²) in [5, 5.41) is 4.29. The molecule has 3 aromatic rings. The number of benzene rings is 1. The van der Waals surface area contributed by atoms with E-state index >= 15 is 0 Å². The number of carbonyl (C=O) groups excluding carboxylic acids is 1. The van der Waals surface area contributed by atoms with Crippen LogP contribution in [0.1, 0.15) is 21.7 Å². The number of furan rings is 1. The van der Waals surface area contributed by atoms with Crippen molar-refractivity contribution in [1.29, 1.82) is 0 Å². The lowest BCUT2D eigenvalue weighted by Crippen LogP contribution is -2.29. The lowest BCUT2D eigenvalue weighted by molar-refractivity contribution is 0.0963. The van der Waals surface area contributed by atoms with Crippen LogP contribution >= 0.6 is 11.3 Å². The van der Waals surface area contributed by atoms with E-state index in [1.165, 1.54) is 21.9 Å². The Hall–Kier alpha value is -2.42. The molecule has 0 aliphatic heterocycles. The third-order valence-corrected chi connectivity index (χ3v) is 6.97. The van der Waals surface area contributed by atoms with Gasteiger partial charge in [0.25, 0.3) is 15.9 Å². The highest BCUT2D eigenvalue weighted by Gasteiger charge is 2.26. The van der Waals surface area contributed by atoms with Crippen LogP contribution in [0.5, 0.6) is 0 Å². The fourth-order valence-electron chi connectivity index (χ4n) is 2.45. The smallest absolute Gasteiger partial charge is 0.253 e. The molecule has 0 bridgehead atoms. The molecule has 2 aromatic heterocycles. The van der Waals surface area contributed by atoms with Crippen molar-refractivity contribution in [3.63, 3.8) is 0 Å². The second-order valence-corrected chi connectivity index (χ2v) is 8.67. The van der Waals surface area contributed by atoms with Crippen molar-refractivity contribution in [2.45, 2.75) is 17.3 Å². The Labute approximate surface area is 156 Å². The largest absolute Gasteiger partial charge is 0.468 e. The molecule has 8 heteroatoms. The minimum atomic E-state index is -3.65. The first-order valence-corrected chi connectivity index (χ1v) is 10.2. The molecule has 0 saturated carbocycles. The maximum absolute atomic E-state index is 13.0. The molecule has 0 atom stereocenters. The summed E-state index contributed by atoms with van der Waals surface area (Å²) in [6.45, 7) is 0.305. The van der Waals surface area contributed by atoms with Gasteiger partial charge in [-0.05, 0) is 41.3 Å². The third-order valence-electron chi connectivity index (χ3n) is 3.80. The van der Waals surface area contributed by atoms with Crippen molar-refractivity contribution in [3.8, 4) is 0 Å². The van der Waals surface area contributed by atoms with Crippen molar-refractivity contribution in [1.82, 2.24) is 9.62 Å². The van der Waals surface area contributed by atoms with E-state index < -0.39 is 10.0 Å². The highest BCUT2D eigenvalue weighted by molar-refractivity contribution is 7.91. The van der Waals surface area contributed by atoms with Crippen LogP contribution in [0.4, 0.5) is 0 Å². The molecule has 3 rings (SSSR count). The van der Waals surface area contributed by atoms with Gasteiger partial charge in [-0.15, -0.1) is 11.3 Å². The Bertz CT molecular complexity index is 947. The van der Waals surface area contributed by atoms with Crippen LogP contribution in [0.3, 0.4) is 0 Å². The molecule has 0 aliphatic carbocycles. The third kappa shape index (κ3) is 4.04. The number of hydrogen-bond acceptors (Lipinski definition) is 5. The van der Waals surface area contributed by atoms with Crippen molar-refractivity contribution < 1.29 is 17.6 Å². The predicted molar refractivity (Wildman–Crippen MR) is 99.3 cm³/mol. The van der Waals surface area contributed by atoms with E-state index in [0.717, 1.165) is 5.56 Å². The van der Waals surface area contributed by atoms with Crippen molar-refractivity contribution in [2.24, 2.45) is 0 Å². The molecular formula is C18H18N2O4S2. The second-order valence-electron chi connectivity index (χ2n) is 5.56. The molecule has 0 saturated heterocycles. The Balaban J connectivity index is 1.87. The minimum Gasteiger partial charge on any atom is -0.468 e. The predicted octanol–water partition coefficient (Wildman–Crippen LogP) is 3.09. The van der Waals surface area contributed by atoms with E-state index in [-0.39, 0.29) is 23.2 Å². The number of rotatable bonds is 7. The lowest BCUT2D eigenvalue weighted by atomic mass is 10.1. The number of carbonyl (C=O) groups is 1. The first-order valence-electron chi connectivity index (χ1n) is 7.88. The summed E-state index contributed by atoms with van der Waals surface area (Å²) < 4.78 is 32.9. The molecular weight excluding hydrogens is 372 g/mol. The Morgan fingerprint density at radius 3 is 2.46 bits per heavy atom. The van der Waals surface area contributed by atoms with Crippen molar-refractivity contribution in [3.05, 3.63) is 77.1 Å². The maximum Gasteiger partial charge on any atom is 0.253 e. The normalized spacial score (nSPS) is 11.6. The van der Waals surface area contributed by atoms with Gasteiger partial charge in [-0.2, -0.15) is 4.31 Å². The van der Waals surface area contributed by atoms with E-state index in [1.807, 2.05) is 0 Å². The van der Waals surface area contributed by atoms with E-state index in [9.17, 15) is 13.2 Å². The standard InChI is InChI=1S/C18H18N2O4S2/c1-19-18(21)15-8-6-14(7-9-15)12-20(13-16-4-2-10-24-16)26(22,23)17-5-3-11-25-17/h2-11H,12-13H2,1H3,(H,19,21). The van der Waals surface area contributed by atoms with Crippen LogP contribution in [-0.4, -0.2) is 25.7 Å². The highest BCUT2D eigenvalue weighted by atomic mass is 32.2. The SMILES string of the molecule is CNC(=O)c1ccc(CN(Cc2ccco2)S(=O)(=O)c2cccs2)cc1. The zero-order valence-corrected chi connectivity index (χ0v) is 15.7. The van der Waals surface area contributed by atoms with Crippen LogP contribution in [0.2, 0.25) is 0 Å². The summed E-state index contributed by atoms with van der Waals surface area (Å²) in [5.74, 6) is 0.377. The average Bonchev–Trinajstić information content (AvgIpc) is 3.35. The zero-order valence-electron chi connectivity index (χ0n) is 14.1. The molecule has 26 heavy (non-hydrogen) atoms. The molecule has 2 heterocycles. The van der Waals surface area contributed by atoms with Gasteiger partial charge in [0.15, 0.2) is 0 Å². The molecule has 6 nitrogen and oxygen atoms in total. The van der Waals surface area contributed by atoms with Gasteiger partial charge in [-0.25, -0.2) is 8.42 Å². The minimum absolute atomic E-state index is 0.129. The quantitative estimate of drug-likeness (QED) is 0.672. The van der Waals surface area contributed by atoms with Gasteiger partial charge in [-0.1, -0.05) is 18.2 Å². The highest BCUT2D eigenvalue weighted by Crippen LogP contribution is 2.25. The topological polar surface area (TPSA) is 79.6 Å². The number of hydrogen-bond donors (Lipinski definition) is 1. The van der Waals surface area contributed by atoms with Crippen molar-refractivity contribution >= 4 is 27.3 Å². The first kappa shape index (κ1) is 18.4. The van der Waals surface area contributed by atoms with Gasteiger partial charge < -0.3 is 9.73 Å². The monoisotopic (exact) mass is 390 g/mol. The summed E-state index contributed by atoms with van der Waals surface area (Å²) in [4.78, 5) is 11.6. The van der Waals surface area contributed by atoms with Gasteiger partial charge in [0.2, 0.25) is 0 Å². The van der Waals surface area contributed by atoms with E-state index in [2.05, 4.69) is 5.32 Å². The summed E-state index contributed by atoms with van der Waals surface area (Å²) in [6, 6.07) is 13.6. The van der Waals surface area contributed by atoms with Gasteiger partial charge >= 0.3 is 0 Å². The molecule has 0 aliphatic rings. The van der Waals surface area contributed by atoms with E-state index in [0.29, 0.717) is 11.3 Å². The van der Waals surface area contributed by atoms with Crippen LogP contribution in [-0.2, 0) is 23.1 Å². The van der Waals surface area contributed by atoms with Crippen LogP contribution in [0.15, 0.2) is 68.8 Å². The van der Waals surface area contributed by atoms with Gasteiger partial charge in [0.05, 0.1) is 12.8 Å². The van der Waals surface area contributed by atoms with Crippen LogP contribution in [0, 0.1) is 0 Å². The fourth-order valence-corrected chi connectivity index (χ4v) is 4.99. The van der Waals surface area contributed by atoms with Crippen LogP contribution < -0.4 is 5.32 Å². The molecule has 0 radical (unpaired) electrons. The Morgan fingerprint density at radius 2 is 1.88 bits per heavy atom. The van der Waals surface area contributed by atoms with E-state index in [1.54, 1.807) is 61.0 Å². The summed E-state index contributed by atoms with van der Waals surface area (Å²) in [6.07, 6.45) is 1.52. The number of nitrogens with one attached hydrogen (secondary N) is 1. The molecule has 0 fully saturated rings. The summed E-state index contributed by atoms with van der Waals surface area (Å²) in [7, 11) is -2.09. The maximum atomic E-state index is 13.0. The summed E-state index contributed by atoms with van der Waals surface area (Å²) >= 11 is 1.18.